The number of benzene rings is 2. The quantitative estimate of drug-likeness (QED) is 0.470. The van der Waals surface area contributed by atoms with Crippen LogP contribution in [0.1, 0.15) is 12.5 Å². The fourth-order valence-corrected chi connectivity index (χ4v) is 3.26. The van der Waals surface area contributed by atoms with Crippen molar-refractivity contribution in [1.29, 1.82) is 0 Å². The van der Waals surface area contributed by atoms with Crippen molar-refractivity contribution in [2.24, 2.45) is 0 Å². The Kier molecular flexibility index (Phi) is 5.41. The second kappa shape index (κ2) is 7.60. The third kappa shape index (κ3) is 4.42. The summed E-state index contributed by atoms with van der Waals surface area (Å²) in [7, 11) is 0. The molecule has 1 unspecified atom stereocenters. The SMILES string of the molecule is CC(O)(/C=C1/C(=O)NC(=S)N(c2ccc(Cl)cc2)C1=O)Cc1ccccc1. The minimum absolute atomic E-state index is 0.0211. The first-order valence-corrected chi connectivity index (χ1v) is 9.00. The molecule has 2 N–H and O–H groups in total. The molecule has 2 aromatic rings. The lowest BCUT2D eigenvalue weighted by Crippen LogP contribution is -2.54. The smallest absolute Gasteiger partial charge is 0.270 e. The molecule has 3 rings (SSSR count). The number of aliphatic hydroxyl groups is 1. The maximum Gasteiger partial charge on any atom is 0.270 e. The molecule has 1 heterocycles. The third-order valence-corrected chi connectivity index (χ3v) is 4.58. The highest BCUT2D eigenvalue weighted by Crippen LogP contribution is 2.25. The van der Waals surface area contributed by atoms with Crippen LogP contribution in [0, 0.1) is 0 Å². The van der Waals surface area contributed by atoms with E-state index in [1.165, 1.54) is 11.0 Å². The number of anilines is 1. The summed E-state index contributed by atoms with van der Waals surface area (Å²) in [6, 6.07) is 15.8. The first-order chi connectivity index (χ1) is 12.8. The Hall–Kier alpha value is -2.54. The summed E-state index contributed by atoms with van der Waals surface area (Å²) >= 11 is 11.0. The summed E-state index contributed by atoms with van der Waals surface area (Å²) in [6.45, 7) is 1.55. The average Bonchev–Trinajstić information content (AvgIpc) is 2.61. The number of hydrogen-bond acceptors (Lipinski definition) is 4. The highest BCUT2D eigenvalue weighted by molar-refractivity contribution is 7.80. The van der Waals surface area contributed by atoms with Crippen LogP contribution in [0.3, 0.4) is 0 Å². The van der Waals surface area contributed by atoms with Crippen molar-refractivity contribution in [3.8, 4) is 0 Å². The molecule has 138 valence electrons. The van der Waals surface area contributed by atoms with Crippen LogP contribution >= 0.6 is 23.8 Å². The molecule has 1 atom stereocenters. The summed E-state index contributed by atoms with van der Waals surface area (Å²) < 4.78 is 0. The van der Waals surface area contributed by atoms with E-state index < -0.39 is 17.4 Å². The second-order valence-electron chi connectivity index (χ2n) is 6.45. The molecular weight excluding hydrogens is 384 g/mol. The van der Waals surface area contributed by atoms with Gasteiger partial charge in [-0.05, 0) is 55.0 Å². The molecule has 7 heteroatoms. The monoisotopic (exact) mass is 400 g/mol. The molecule has 0 aliphatic carbocycles. The maximum absolute atomic E-state index is 12.9. The molecule has 1 aliphatic heterocycles. The third-order valence-electron chi connectivity index (χ3n) is 4.05. The molecule has 27 heavy (non-hydrogen) atoms. The van der Waals surface area contributed by atoms with Crippen LogP contribution < -0.4 is 10.2 Å². The summed E-state index contributed by atoms with van der Waals surface area (Å²) in [6.07, 6.45) is 1.53. The maximum atomic E-state index is 12.9. The van der Waals surface area contributed by atoms with Gasteiger partial charge in [-0.1, -0.05) is 41.9 Å². The minimum Gasteiger partial charge on any atom is -0.386 e. The van der Waals surface area contributed by atoms with E-state index in [1.807, 2.05) is 30.3 Å². The van der Waals surface area contributed by atoms with E-state index in [0.717, 1.165) is 5.56 Å². The number of nitrogens with one attached hydrogen (secondary N) is 1. The van der Waals surface area contributed by atoms with Gasteiger partial charge in [-0.2, -0.15) is 0 Å². The van der Waals surface area contributed by atoms with Crippen molar-refractivity contribution < 1.29 is 14.7 Å². The zero-order valence-electron chi connectivity index (χ0n) is 14.5. The zero-order valence-corrected chi connectivity index (χ0v) is 16.1. The number of carbonyl (C=O) groups is 2. The Labute approximate surface area is 167 Å². The summed E-state index contributed by atoms with van der Waals surface area (Å²) in [5.74, 6) is -1.23. The van der Waals surface area contributed by atoms with Gasteiger partial charge in [0, 0.05) is 11.4 Å². The Balaban J connectivity index is 1.92. The molecule has 5 nitrogen and oxygen atoms in total. The average molecular weight is 401 g/mol. The minimum atomic E-state index is -1.39. The number of rotatable bonds is 4. The van der Waals surface area contributed by atoms with Crippen molar-refractivity contribution in [2.75, 3.05) is 4.90 Å². The van der Waals surface area contributed by atoms with Gasteiger partial charge in [-0.25, -0.2) is 0 Å². The Morgan fingerprint density at radius 1 is 1.15 bits per heavy atom. The normalized spacial score (nSPS) is 18.4. The van der Waals surface area contributed by atoms with E-state index in [9.17, 15) is 14.7 Å². The van der Waals surface area contributed by atoms with Crippen LogP contribution in [0.4, 0.5) is 5.69 Å². The van der Waals surface area contributed by atoms with Gasteiger partial charge >= 0.3 is 0 Å². The topological polar surface area (TPSA) is 69.6 Å². The molecule has 0 aromatic heterocycles. The van der Waals surface area contributed by atoms with Crippen molar-refractivity contribution in [1.82, 2.24) is 5.32 Å². The molecule has 1 fully saturated rings. The molecule has 0 radical (unpaired) electrons. The summed E-state index contributed by atoms with van der Waals surface area (Å²) in [5, 5.41) is 13.7. The number of thiocarbonyl (C=S) groups is 1. The van der Waals surface area contributed by atoms with Gasteiger partial charge in [0.2, 0.25) is 0 Å². The van der Waals surface area contributed by atoms with E-state index in [4.69, 9.17) is 23.8 Å². The largest absolute Gasteiger partial charge is 0.386 e. The molecule has 2 aromatic carbocycles. The van der Waals surface area contributed by atoms with Crippen molar-refractivity contribution in [3.05, 3.63) is 76.8 Å². The lowest BCUT2D eigenvalue weighted by Gasteiger charge is -2.30. The van der Waals surface area contributed by atoms with E-state index in [2.05, 4.69) is 5.32 Å². The first kappa shape index (κ1) is 19.2. The number of nitrogens with zero attached hydrogens (tertiary/aromatic N) is 1. The van der Waals surface area contributed by atoms with Gasteiger partial charge in [-0.3, -0.25) is 19.8 Å². The lowest BCUT2D eigenvalue weighted by molar-refractivity contribution is -0.122. The molecule has 1 saturated heterocycles. The fourth-order valence-electron chi connectivity index (χ4n) is 2.85. The number of halogens is 1. The second-order valence-corrected chi connectivity index (χ2v) is 7.28. The number of carbonyl (C=O) groups excluding carboxylic acids is 2. The summed E-state index contributed by atoms with van der Waals surface area (Å²) in [4.78, 5) is 26.5. The van der Waals surface area contributed by atoms with Crippen LogP contribution in [0.2, 0.25) is 5.02 Å². The standard InChI is InChI=1S/C20H17ClN2O3S/c1-20(26,11-13-5-3-2-4-6-13)12-16-17(24)22-19(27)23(18(16)25)15-9-7-14(21)8-10-15/h2-10,12,26H,11H2,1H3,(H,22,24,27)/b16-12-. The molecular formula is C20H17ClN2O3S. The van der Waals surface area contributed by atoms with Crippen molar-refractivity contribution >= 4 is 46.4 Å². The molecule has 0 saturated carbocycles. The van der Waals surface area contributed by atoms with Gasteiger partial charge in [-0.15, -0.1) is 0 Å². The predicted octanol–water partition coefficient (Wildman–Crippen LogP) is 3.01. The highest BCUT2D eigenvalue weighted by atomic mass is 35.5. The number of amides is 2. The van der Waals surface area contributed by atoms with Gasteiger partial charge in [0.05, 0.1) is 11.3 Å². The first-order valence-electron chi connectivity index (χ1n) is 8.21. The highest BCUT2D eigenvalue weighted by Gasteiger charge is 2.36. The molecule has 1 aliphatic rings. The van der Waals surface area contributed by atoms with Crippen molar-refractivity contribution in [2.45, 2.75) is 18.9 Å². The predicted molar refractivity (Wildman–Crippen MR) is 109 cm³/mol. The lowest BCUT2D eigenvalue weighted by atomic mass is 9.93. The zero-order chi connectivity index (χ0) is 19.6. The Morgan fingerprint density at radius 3 is 2.41 bits per heavy atom. The van der Waals surface area contributed by atoms with Crippen LogP contribution in [0.15, 0.2) is 66.2 Å². The Bertz CT molecular complexity index is 924. The number of hydrogen-bond donors (Lipinski definition) is 2. The van der Waals surface area contributed by atoms with Crippen LogP contribution in [0.5, 0.6) is 0 Å². The summed E-state index contributed by atoms with van der Waals surface area (Å²) in [5.41, 5.74) is -0.204. The molecule has 0 bridgehead atoms. The Morgan fingerprint density at radius 2 is 1.78 bits per heavy atom. The molecule has 2 amide bonds. The van der Waals surface area contributed by atoms with Gasteiger partial charge < -0.3 is 5.11 Å². The van der Waals surface area contributed by atoms with Crippen LogP contribution in [-0.4, -0.2) is 27.6 Å². The van der Waals surface area contributed by atoms with E-state index in [0.29, 0.717) is 10.7 Å². The van der Waals surface area contributed by atoms with E-state index in [1.54, 1.807) is 31.2 Å². The van der Waals surface area contributed by atoms with E-state index in [-0.39, 0.29) is 17.1 Å². The van der Waals surface area contributed by atoms with Crippen LogP contribution in [0.25, 0.3) is 0 Å². The van der Waals surface area contributed by atoms with Crippen LogP contribution in [-0.2, 0) is 16.0 Å². The van der Waals surface area contributed by atoms with Gasteiger partial charge in [0.15, 0.2) is 5.11 Å². The molecule has 0 spiro atoms. The van der Waals surface area contributed by atoms with E-state index >= 15 is 0 Å². The van der Waals surface area contributed by atoms with Crippen molar-refractivity contribution in [3.63, 3.8) is 0 Å². The fraction of sp³-hybridized carbons (Fsp3) is 0.150. The van der Waals surface area contributed by atoms with Gasteiger partial charge in [0.25, 0.3) is 11.8 Å². The van der Waals surface area contributed by atoms with Gasteiger partial charge in [0.1, 0.15) is 5.57 Å².